The molecule has 2 aliphatic heterocycles. The number of hydrogen-bond acceptors (Lipinski definition) is 5. The molecule has 1 unspecified atom stereocenters. The van der Waals surface area contributed by atoms with Crippen molar-refractivity contribution in [2.45, 2.75) is 32.7 Å². The van der Waals surface area contributed by atoms with Gasteiger partial charge in [-0.2, -0.15) is 0 Å². The Balaban J connectivity index is 1.38. The van der Waals surface area contributed by atoms with Gasteiger partial charge >= 0.3 is 0 Å². The summed E-state index contributed by atoms with van der Waals surface area (Å²) in [5.74, 6) is 1.78. The Bertz CT molecular complexity index is 889. The maximum Gasteiger partial charge on any atom is 0.263 e. The molecule has 1 aromatic carbocycles. The van der Waals surface area contributed by atoms with Crippen molar-refractivity contribution in [3.8, 4) is 11.5 Å². The highest BCUT2D eigenvalue weighted by Gasteiger charge is 2.30. The Hall–Kier alpha value is -2.54. The van der Waals surface area contributed by atoms with E-state index in [-0.39, 0.29) is 29.7 Å². The van der Waals surface area contributed by atoms with E-state index < -0.39 is 0 Å². The number of rotatable bonds is 5. The average molecular weight is 429 g/mol. The number of piperidine rings is 1. The van der Waals surface area contributed by atoms with Crippen LogP contribution in [0.2, 0.25) is 0 Å². The van der Waals surface area contributed by atoms with Crippen LogP contribution in [0, 0.1) is 11.8 Å². The Morgan fingerprint density at radius 3 is 2.50 bits per heavy atom. The molecular formula is C23H28N2O4S. The summed E-state index contributed by atoms with van der Waals surface area (Å²) in [5, 5.41) is 5.16. The number of likely N-dealkylation sites (tertiary alicyclic amines) is 1. The molecule has 4 rings (SSSR count). The van der Waals surface area contributed by atoms with Crippen LogP contribution < -0.4 is 14.8 Å². The standard InChI is InChI=1S/C23H28N2O4S/c1-15(2)21(17-5-6-18-19(14-17)29-12-11-28-18)24-22(26)16-7-9-25(10-8-16)23(27)20-4-3-13-30-20/h3-6,13-16,21H,7-12H2,1-2H3,(H,24,26). The van der Waals surface area contributed by atoms with Gasteiger partial charge in [0.15, 0.2) is 11.5 Å². The number of carbonyl (C=O) groups is 2. The fourth-order valence-corrected chi connectivity index (χ4v) is 4.75. The van der Waals surface area contributed by atoms with Crippen LogP contribution in [0.5, 0.6) is 11.5 Å². The van der Waals surface area contributed by atoms with Gasteiger partial charge in [-0.15, -0.1) is 11.3 Å². The van der Waals surface area contributed by atoms with Crippen LogP contribution >= 0.6 is 11.3 Å². The first-order valence-electron chi connectivity index (χ1n) is 10.6. The molecule has 7 heteroatoms. The van der Waals surface area contributed by atoms with E-state index in [0.717, 1.165) is 21.9 Å². The lowest BCUT2D eigenvalue weighted by atomic mass is 9.92. The molecule has 2 aromatic rings. The van der Waals surface area contributed by atoms with Gasteiger partial charge < -0.3 is 19.7 Å². The Kier molecular flexibility index (Phi) is 6.27. The van der Waals surface area contributed by atoms with Crippen LogP contribution in [0.4, 0.5) is 0 Å². The van der Waals surface area contributed by atoms with Crippen LogP contribution in [0.3, 0.4) is 0 Å². The molecule has 0 radical (unpaired) electrons. The molecule has 1 aromatic heterocycles. The zero-order chi connectivity index (χ0) is 21.1. The molecule has 1 atom stereocenters. The first-order valence-corrected chi connectivity index (χ1v) is 11.4. The number of ether oxygens (including phenoxy) is 2. The predicted molar refractivity (Wildman–Crippen MR) is 116 cm³/mol. The Morgan fingerprint density at radius 1 is 1.10 bits per heavy atom. The van der Waals surface area contributed by atoms with Crippen molar-refractivity contribution in [1.82, 2.24) is 10.2 Å². The van der Waals surface area contributed by atoms with Gasteiger partial charge in [-0.1, -0.05) is 26.0 Å². The van der Waals surface area contributed by atoms with Crippen molar-refractivity contribution in [3.63, 3.8) is 0 Å². The van der Waals surface area contributed by atoms with Crippen LogP contribution in [-0.4, -0.2) is 43.0 Å². The number of amides is 2. The van der Waals surface area contributed by atoms with Crippen molar-refractivity contribution in [1.29, 1.82) is 0 Å². The van der Waals surface area contributed by atoms with Crippen molar-refractivity contribution in [3.05, 3.63) is 46.2 Å². The van der Waals surface area contributed by atoms with E-state index in [1.165, 1.54) is 11.3 Å². The summed E-state index contributed by atoms with van der Waals surface area (Å²) in [6.07, 6.45) is 1.38. The SMILES string of the molecule is CC(C)C(NC(=O)C1CCN(C(=O)c2cccs2)CC1)c1ccc2c(c1)OCCO2. The molecule has 0 aliphatic carbocycles. The van der Waals surface area contributed by atoms with Crippen molar-refractivity contribution < 1.29 is 19.1 Å². The van der Waals surface area contributed by atoms with E-state index >= 15 is 0 Å². The van der Waals surface area contributed by atoms with Gasteiger partial charge in [-0.25, -0.2) is 0 Å². The summed E-state index contributed by atoms with van der Waals surface area (Å²) < 4.78 is 11.3. The minimum Gasteiger partial charge on any atom is -0.486 e. The van der Waals surface area contributed by atoms with Crippen molar-refractivity contribution in [2.24, 2.45) is 11.8 Å². The number of thiophene rings is 1. The smallest absolute Gasteiger partial charge is 0.263 e. The van der Waals surface area contributed by atoms with Gasteiger partial charge in [-0.3, -0.25) is 9.59 Å². The molecule has 2 amide bonds. The molecule has 2 aliphatic rings. The van der Waals surface area contributed by atoms with Gasteiger partial charge in [0.2, 0.25) is 5.91 Å². The number of fused-ring (bicyclic) bond motifs is 1. The second-order valence-corrected chi connectivity index (χ2v) is 9.12. The van der Waals surface area contributed by atoms with E-state index in [0.29, 0.717) is 39.1 Å². The zero-order valence-corrected chi connectivity index (χ0v) is 18.2. The van der Waals surface area contributed by atoms with E-state index in [1.807, 2.05) is 40.6 Å². The van der Waals surface area contributed by atoms with E-state index in [1.54, 1.807) is 0 Å². The maximum absolute atomic E-state index is 13.0. The molecule has 0 saturated carbocycles. The summed E-state index contributed by atoms with van der Waals surface area (Å²) in [7, 11) is 0. The third kappa shape index (κ3) is 4.46. The monoisotopic (exact) mass is 428 g/mol. The number of nitrogens with one attached hydrogen (secondary N) is 1. The summed E-state index contributed by atoms with van der Waals surface area (Å²) >= 11 is 1.46. The minimum atomic E-state index is -0.0980. The molecule has 1 fully saturated rings. The average Bonchev–Trinajstić information content (AvgIpc) is 3.31. The highest BCUT2D eigenvalue weighted by molar-refractivity contribution is 7.12. The number of hydrogen-bond donors (Lipinski definition) is 1. The van der Waals surface area contributed by atoms with Gasteiger partial charge in [0.25, 0.3) is 5.91 Å². The fraction of sp³-hybridized carbons (Fsp3) is 0.478. The van der Waals surface area contributed by atoms with Crippen LogP contribution in [0.15, 0.2) is 35.7 Å². The molecule has 1 N–H and O–H groups in total. The van der Waals surface area contributed by atoms with Crippen LogP contribution in [0.25, 0.3) is 0 Å². The lowest BCUT2D eigenvalue weighted by Crippen LogP contribution is -2.44. The lowest BCUT2D eigenvalue weighted by molar-refractivity contribution is -0.127. The molecule has 0 bridgehead atoms. The highest BCUT2D eigenvalue weighted by Crippen LogP contribution is 2.34. The molecule has 6 nitrogen and oxygen atoms in total. The van der Waals surface area contributed by atoms with Crippen molar-refractivity contribution >= 4 is 23.2 Å². The van der Waals surface area contributed by atoms with E-state index in [9.17, 15) is 9.59 Å². The number of nitrogens with zero attached hydrogens (tertiary/aromatic N) is 1. The first-order chi connectivity index (χ1) is 14.5. The molecular weight excluding hydrogens is 400 g/mol. The topological polar surface area (TPSA) is 67.9 Å². The Morgan fingerprint density at radius 2 is 1.83 bits per heavy atom. The molecule has 0 spiro atoms. The molecule has 160 valence electrons. The van der Waals surface area contributed by atoms with Crippen molar-refractivity contribution in [2.75, 3.05) is 26.3 Å². The lowest BCUT2D eigenvalue weighted by Gasteiger charge is -2.33. The highest BCUT2D eigenvalue weighted by atomic mass is 32.1. The molecule has 1 saturated heterocycles. The molecule has 3 heterocycles. The third-order valence-corrected chi connectivity index (χ3v) is 6.63. The Labute approximate surface area is 181 Å². The normalized spacial score (nSPS) is 17.6. The fourth-order valence-electron chi connectivity index (χ4n) is 4.06. The summed E-state index contributed by atoms with van der Waals surface area (Å²) in [6, 6.07) is 9.54. The zero-order valence-electron chi connectivity index (χ0n) is 17.4. The van der Waals surface area contributed by atoms with Crippen LogP contribution in [0.1, 0.15) is 48.0 Å². The van der Waals surface area contributed by atoms with Crippen LogP contribution in [-0.2, 0) is 4.79 Å². The summed E-state index contributed by atoms with van der Waals surface area (Å²) in [4.78, 5) is 28.2. The summed E-state index contributed by atoms with van der Waals surface area (Å²) in [5.41, 5.74) is 1.02. The van der Waals surface area contributed by atoms with Gasteiger partial charge in [-0.05, 0) is 47.9 Å². The third-order valence-electron chi connectivity index (χ3n) is 5.77. The predicted octanol–water partition coefficient (Wildman–Crippen LogP) is 3.89. The first kappa shape index (κ1) is 20.7. The minimum absolute atomic E-state index is 0.0619. The van der Waals surface area contributed by atoms with Gasteiger partial charge in [0, 0.05) is 19.0 Å². The van der Waals surface area contributed by atoms with Gasteiger partial charge in [0.05, 0.1) is 10.9 Å². The summed E-state index contributed by atoms with van der Waals surface area (Å²) in [6.45, 7) is 6.53. The second kappa shape index (κ2) is 9.08. The largest absolute Gasteiger partial charge is 0.486 e. The second-order valence-electron chi connectivity index (χ2n) is 8.18. The van der Waals surface area contributed by atoms with E-state index in [2.05, 4.69) is 19.2 Å². The number of carbonyl (C=O) groups excluding carboxylic acids is 2. The van der Waals surface area contributed by atoms with E-state index in [4.69, 9.17) is 9.47 Å². The quantitative estimate of drug-likeness (QED) is 0.785. The number of benzene rings is 1. The van der Waals surface area contributed by atoms with Gasteiger partial charge in [0.1, 0.15) is 13.2 Å². The molecule has 30 heavy (non-hydrogen) atoms. The maximum atomic E-state index is 13.0.